The first-order valence-electron chi connectivity index (χ1n) is 9.77. The number of nitrogens with zero attached hydrogens (tertiary/aromatic N) is 1. The fraction of sp³-hybridized carbons (Fsp3) is 0.348. The highest BCUT2D eigenvalue weighted by atomic mass is 16.2. The lowest BCUT2D eigenvalue weighted by Gasteiger charge is -2.23. The number of carbonyl (C=O) groups is 3. The minimum atomic E-state index is -0.217. The summed E-state index contributed by atoms with van der Waals surface area (Å²) in [6.45, 7) is 4.46. The van der Waals surface area contributed by atoms with Crippen LogP contribution in [0.25, 0.3) is 0 Å². The van der Waals surface area contributed by atoms with Crippen LogP contribution in [0, 0.1) is 5.92 Å². The molecular weight excluding hydrogens is 352 g/mol. The van der Waals surface area contributed by atoms with Gasteiger partial charge in [-0.1, -0.05) is 62.7 Å². The van der Waals surface area contributed by atoms with Crippen LogP contribution in [0.3, 0.4) is 0 Å². The van der Waals surface area contributed by atoms with Crippen molar-refractivity contribution >= 4 is 23.4 Å². The summed E-state index contributed by atoms with van der Waals surface area (Å²) in [6, 6.07) is 17.1. The molecule has 0 aromatic heterocycles. The molecule has 3 rings (SSSR count). The number of amides is 3. The molecule has 0 radical (unpaired) electrons. The smallest absolute Gasteiger partial charge is 0.232 e. The Balaban J connectivity index is 1.69. The quantitative estimate of drug-likeness (QED) is 0.738. The lowest BCUT2D eigenvalue weighted by molar-refractivity contribution is -0.139. The van der Waals surface area contributed by atoms with E-state index >= 15 is 0 Å². The van der Waals surface area contributed by atoms with Crippen LogP contribution >= 0.6 is 0 Å². The average Bonchev–Trinajstić information content (AvgIpc) is 3.02. The van der Waals surface area contributed by atoms with Crippen LogP contribution in [0.1, 0.15) is 50.2 Å². The Bertz CT molecular complexity index is 830. The summed E-state index contributed by atoms with van der Waals surface area (Å²) in [6.07, 6.45) is 1.50. The van der Waals surface area contributed by atoms with Crippen LogP contribution in [-0.4, -0.2) is 22.6 Å². The first-order valence-corrected chi connectivity index (χ1v) is 9.77. The monoisotopic (exact) mass is 378 g/mol. The molecule has 0 saturated carbocycles. The van der Waals surface area contributed by atoms with Gasteiger partial charge in [0, 0.05) is 18.5 Å². The van der Waals surface area contributed by atoms with Gasteiger partial charge in [-0.25, -0.2) is 0 Å². The SMILES string of the molecule is CC[C@@H](C)[C@H](C(=O)Nc1ccc(CN2C(=O)CCC2=O)cc1)c1ccccc1. The Labute approximate surface area is 165 Å². The average molecular weight is 378 g/mol. The maximum absolute atomic E-state index is 13.0. The first kappa shape index (κ1) is 19.8. The number of anilines is 1. The molecule has 1 aliphatic rings. The van der Waals surface area contributed by atoms with Crippen molar-refractivity contribution in [2.75, 3.05) is 5.32 Å². The Morgan fingerprint density at radius 3 is 2.18 bits per heavy atom. The van der Waals surface area contributed by atoms with E-state index in [2.05, 4.69) is 19.2 Å². The topological polar surface area (TPSA) is 66.5 Å². The predicted molar refractivity (Wildman–Crippen MR) is 109 cm³/mol. The van der Waals surface area contributed by atoms with E-state index in [0.29, 0.717) is 18.5 Å². The molecule has 0 bridgehead atoms. The molecule has 28 heavy (non-hydrogen) atoms. The molecule has 146 valence electrons. The molecule has 5 heteroatoms. The molecule has 2 atom stereocenters. The Morgan fingerprint density at radius 1 is 1.00 bits per heavy atom. The highest BCUT2D eigenvalue weighted by Gasteiger charge is 2.29. The van der Waals surface area contributed by atoms with E-state index in [0.717, 1.165) is 17.5 Å². The van der Waals surface area contributed by atoms with Crippen LogP contribution in [0.15, 0.2) is 54.6 Å². The maximum Gasteiger partial charge on any atom is 0.232 e. The van der Waals surface area contributed by atoms with E-state index in [-0.39, 0.29) is 36.1 Å². The number of hydrogen-bond donors (Lipinski definition) is 1. The van der Waals surface area contributed by atoms with Gasteiger partial charge in [0.2, 0.25) is 17.7 Å². The largest absolute Gasteiger partial charge is 0.326 e. The van der Waals surface area contributed by atoms with Crippen molar-refractivity contribution < 1.29 is 14.4 Å². The van der Waals surface area contributed by atoms with E-state index in [1.807, 2.05) is 54.6 Å². The number of hydrogen-bond acceptors (Lipinski definition) is 3. The molecule has 0 aliphatic carbocycles. The Morgan fingerprint density at radius 2 is 1.61 bits per heavy atom. The van der Waals surface area contributed by atoms with Crippen molar-refractivity contribution in [1.82, 2.24) is 4.90 Å². The normalized spacial score (nSPS) is 16.1. The second kappa shape index (κ2) is 8.83. The molecule has 0 unspecified atom stereocenters. The second-order valence-electron chi connectivity index (χ2n) is 7.33. The molecular formula is C23H26N2O3. The predicted octanol–water partition coefficient (Wildman–Crippen LogP) is 4.10. The van der Waals surface area contributed by atoms with Crippen molar-refractivity contribution in [3.63, 3.8) is 0 Å². The van der Waals surface area contributed by atoms with E-state index in [9.17, 15) is 14.4 Å². The zero-order valence-electron chi connectivity index (χ0n) is 16.4. The van der Waals surface area contributed by atoms with Crippen molar-refractivity contribution in [2.24, 2.45) is 5.92 Å². The molecule has 2 aromatic rings. The zero-order chi connectivity index (χ0) is 20.1. The third kappa shape index (κ3) is 4.47. The second-order valence-corrected chi connectivity index (χ2v) is 7.33. The van der Waals surface area contributed by atoms with Gasteiger partial charge in [0.05, 0.1) is 12.5 Å². The molecule has 0 spiro atoms. The van der Waals surface area contributed by atoms with E-state index in [4.69, 9.17) is 0 Å². The Kier molecular flexibility index (Phi) is 6.24. The molecule has 1 fully saturated rings. The molecule has 5 nitrogen and oxygen atoms in total. The molecule has 2 aromatic carbocycles. The van der Waals surface area contributed by atoms with Gasteiger partial charge in [-0.05, 0) is 29.2 Å². The van der Waals surface area contributed by atoms with Gasteiger partial charge in [-0.15, -0.1) is 0 Å². The summed E-state index contributed by atoms with van der Waals surface area (Å²) in [5.41, 5.74) is 2.58. The lowest BCUT2D eigenvalue weighted by Crippen LogP contribution is -2.28. The number of rotatable bonds is 7. The molecule has 1 saturated heterocycles. The van der Waals surface area contributed by atoms with Crippen LogP contribution in [-0.2, 0) is 20.9 Å². The van der Waals surface area contributed by atoms with Crippen molar-refractivity contribution in [2.45, 2.75) is 45.6 Å². The van der Waals surface area contributed by atoms with E-state index in [1.165, 1.54) is 4.90 Å². The summed E-state index contributed by atoms with van der Waals surface area (Å²) >= 11 is 0. The summed E-state index contributed by atoms with van der Waals surface area (Å²) in [5.74, 6) is -0.277. The van der Waals surface area contributed by atoms with Gasteiger partial charge in [0.25, 0.3) is 0 Å². The number of benzene rings is 2. The summed E-state index contributed by atoms with van der Waals surface area (Å²) in [4.78, 5) is 37.8. The van der Waals surface area contributed by atoms with Gasteiger partial charge in [0.15, 0.2) is 0 Å². The highest BCUT2D eigenvalue weighted by Crippen LogP contribution is 2.28. The van der Waals surface area contributed by atoms with Gasteiger partial charge in [-0.3, -0.25) is 19.3 Å². The number of nitrogens with one attached hydrogen (secondary N) is 1. The van der Waals surface area contributed by atoms with Crippen LogP contribution in [0.5, 0.6) is 0 Å². The number of imide groups is 1. The van der Waals surface area contributed by atoms with Crippen molar-refractivity contribution in [1.29, 1.82) is 0 Å². The Hall–Kier alpha value is -2.95. The molecule has 1 heterocycles. The number of likely N-dealkylation sites (tertiary alicyclic amines) is 1. The van der Waals surface area contributed by atoms with E-state index in [1.54, 1.807) is 0 Å². The van der Waals surface area contributed by atoms with Gasteiger partial charge in [0.1, 0.15) is 0 Å². The first-order chi connectivity index (χ1) is 13.5. The van der Waals surface area contributed by atoms with Gasteiger partial charge in [-0.2, -0.15) is 0 Å². The van der Waals surface area contributed by atoms with Crippen molar-refractivity contribution in [3.05, 3.63) is 65.7 Å². The third-order valence-electron chi connectivity index (χ3n) is 5.37. The fourth-order valence-corrected chi connectivity index (χ4v) is 3.53. The fourth-order valence-electron chi connectivity index (χ4n) is 3.53. The summed E-state index contributed by atoms with van der Waals surface area (Å²) in [5, 5.41) is 3.01. The maximum atomic E-state index is 13.0. The highest BCUT2D eigenvalue weighted by molar-refractivity contribution is 6.01. The van der Waals surface area contributed by atoms with E-state index < -0.39 is 0 Å². The van der Waals surface area contributed by atoms with Crippen LogP contribution in [0.4, 0.5) is 5.69 Å². The number of carbonyl (C=O) groups excluding carboxylic acids is 3. The third-order valence-corrected chi connectivity index (χ3v) is 5.37. The minimum absolute atomic E-state index is 0.0294. The van der Waals surface area contributed by atoms with Gasteiger partial charge < -0.3 is 5.32 Å². The minimum Gasteiger partial charge on any atom is -0.326 e. The van der Waals surface area contributed by atoms with Crippen LogP contribution < -0.4 is 5.32 Å². The molecule has 1 N–H and O–H groups in total. The molecule has 1 aliphatic heterocycles. The standard InChI is InChI=1S/C23H26N2O3/c1-3-16(2)22(18-7-5-4-6-8-18)23(28)24-19-11-9-17(10-12-19)15-25-20(26)13-14-21(25)27/h4-12,16,22H,3,13-15H2,1-2H3,(H,24,28)/t16-,22+/m1/s1. The summed E-state index contributed by atoms with van der Waals surface area (Å²) in [7, 11) is 0. The lowest BCUT2D eigenvalue weighted by atomic mass is 9.85. The molecule has 3 amide bonds. The summed E-state index contributed by atoms with van der Waals surface area (Å²) < 4.78 is 0. The van der Waals surface area contributed by atoms with Crippen LogP contribution in [0.2, 0.25) is 0 Å². The van der Waals surface area contributed by atoms with Gasteiger partial charge >= 0.3 is 0 Å². The van der Waals surface area contributed by atoms with Crippen molar-refractivity contribution in [3.8, 4) is 0 Å². The zero-order valence-corrected chi connectivity index (χ0v) is 16.4.